The molecule has 228 valence electrons. The van der Waals surface area contributed by atoms with E-state index in [1.165, 1.54) is 26.9 Å². The summed E-state index contributed by atoms with van der Waals surface area (Å²) in [6, 6.07) is 56.9. The molecular weight excluding hydrogens is 599 g/mol. The highest BCUT2D eigenvalue weighted by atomic mass is 16.3. The number of hydrogen-bond acceptors (Lipinski definition) is 4. The Bertz CT molecular complexity index is 2890. The van der Waals surface area contributed by atoms with E-state index in [2.05, 4.69) is 146 Å². The molecule has 0 unspecified atom stereocenters. The van der Waals surface area contributed by atoms with E-state index >= 15 is 0 Å². The Labute approximate surface area is 282 Å². The van der Waals surface area contributed by atoms with Crippen LogP contribution in [0.4, 0.5) is 0 Å². The molecule has 0 radical (unpaired) electrons. The van der Waals surface area contributed by atoms with Gasteiger partial charge in [-0.1, -0.05) is 133 Å². The van der Waals surface area contributed by atoms with Gasteiger partial charge in [-0.15, -0.1) is 0 Å². The van der Waals surface area contributed by atoms with Crippen LogP contribution in [-0.4, -0.2) is 15.0 Å². The number of fused-ring (bicyclic) bond motifs is 7. The number of aromatic nitrogens is 3. The predicted octanol–water partition coefficient (Wildman–Crippen LogP) is 11.9. The smallest absolute Gasteiger partial charge is 0.164 e. The molecule has 0 atom stereocenters. The number of furan rings is 1. The van der Waals surface area contributed by atoms with Crippen LogP contribution in [0.5, 0.6) is 0 Å². The SMILES string of the molecule is c1ccc(-c2ccc(-c3nc(-c4ccc5ccccc5c4)nc(-c4ccc5ccc6ccccc6c5c4)n3)c3c2oc2ccccc23)cc1. The van der Waals surface area contributed by atoms with Crippen molar-refractivity contribution >= 4 is 54.3 Å². The van der Waals surface area contributed by atoms with Crippen molar-refractivity contribution in [2.45, 2.75) is 0 Å². The maximum absolute atomic E-state index is 6.60. The summed E-state index contributed by atoms with van der Waals surface area (Å²) in [6.45, 7) is 0. The van der Waals surface area contributed by atoms with Crippen molar-refractivity contribution in [1.29, 1.82) is 0 Å². The second-order valence-corrected chi connectivity index (χ2v) is 12.4. The van der Waals surface area contributed by atoms with Crippen LogP contribution >= 0.6 is 0 Å². The van der Waals surface area contributed by atoms with Crippen LogP contribution in [0.2, 0.25) is 0 Å². The zero-order valence-electron chi connectivity index (χ0n) is 26.3. The zero-order valence-corrected chi connectivity index (χ0v) is 26.3. The molecule has 0 aliphatic carbocycles. The molecule has 2 aromatic heterocycles. The highest BCUT2D eigenvalue weighted by Crippen LogP contribution is 2.41. The van der Waals surface area contributed by atoms with Gasteiger partial charge in [-0.05, 0) is 68.2 Å². The van der Waals surface area contributed by atoms with Crippen LogP contribution in [0.25, 0.3) is 99.5 Å². The Morgan fingerprint density at radius 2 is 0.918 bits per heavy atom. The minimum atomic E-state index is 0.599. The fourth-order valence-electron chi connectivity index (χ4n) is 7.08. The van der Waals surface area contributed by atoms with Gasteiger partial charge in [0.1, 0.15) is 11.2 Å². The summed E-state index contributed by atoms with van der Waals surface area (Å²) >= 11 is 0. The third-order valence-electron chi connectivity index (χ3n) is 9.50. The van der Waals surface area contributed by atoms with Crippen LogP contribution in [0.3, 0.4) is 0 Å². The van der Waals surface area contributed by atoms with E-state index in [-0.39, 0.29) is 0 Å². The zero-order chi connectivity index (χ0) is 32.3. The second-order valence-electron chi connectivity index (χ2n) is 12.4. The lowest BCUT2D eigenvalue weighted by Crippen LogP contribution is -2.01. The van der Waals surface area contributed by atoms with Crippen LogP contribution < -0.4 is 0 Å². The number of nitrogens with zero attached hydrogens (tertiary/aromatic N) is 3. The molecule has 10 rings (SSSR count). The molecule has 0 bridgehead atoms. The molecule has 10 aromatic rings. The van der Waals surface area contributed by atoms with Crippen molar-refractivity contribution in [3.8, 4) is 45.3 Å². The molecule has 0 saturated heterocycles. The van der Waals surface area contributed by atoms with Gasteiger partial charge in [0.05, 0.1) is 0 Å². The predicted molar refractivity (Wildman–Crippen MR) is 201 cm³/mol. The Morgan fingerprint density at radius 3 is 1.73 bits per heavy atom. The van der Waals surface area contributed by atoms with Gasteiger partial charge in [-0.25, -0.2) is 15.0 Å². The molecule has 4 heteroatoms. The van der Waals surface area contributed by atoms with Gasteiger partial charge in [0.15, 0.2) is 17.5 Å². The van der Waals surface area contributed by atoms with Crippen molar-refractivity contribution in [3.63, 3.8) is 0 Å². The van der Waals surface area contributed by atoms with Crippen LogP contribution in [0.15, 0.2) is 168 Å². The van der Waals surface area contributed by atoms with Crippen molar-refractivity contribution < 1.29 is 4.42 Å². The third-order valence-corrected chi connectivity index (χ3v) is 9.50. The van der Waals surface area contributed by atoms with Gasteiger partial charge < -0.3 is 4.42 Å². The first kappa shape index (κ1) is 27.5. The van der Waals surface area contributed by atoms with Gasteiger partial charge in [0.25, 0.3) is 0 Å². The van der Waals surface area contributed by atoms with Crippen molar-refractivity contribution in [2.24, 2.45) is 0 Å². The van der Waals surface area contributed by atoms with E-state index < -0.39 is 0 Å². The maximum Gasteiger partial charge on any atom is 0.164 e. The van der Waals surface area contributed by atoms with E-state index in [4.69, 9.17) is 19.4 Å². The first-order valence-electron chi connectivity index (χ1n) is 16.4. The lowest BCUT2D eigenvalue weighted by molar-refractivity contribution is 0.670. The number of hydrogen-bond donors (Lipinski definition) is 0. The molecule has 2 heterocycles. The van der Waals surface area contributed by atoms with E-state index in [0.717, 1.165) is 55.1 Å². The summed E-state index contributed by atoms with van der Waals surface area (Å²) in [5, 5.41) is 9.07. The Kier molecular flexibility index (Phi) is 6.15. The maximum atomic E-state index is 6.60. The lowest BCUT2D eigenvalue weighted by atomic mass is 9.98. The Morgan fingerprint density at radius 1 is 0.347 bits per heavy atom. The molecular formula is C45H27N3O. The van der Waals surface area contributed by atoms with E-state index in [1.54, 1.807) is 0 Å². The first-order chi connectivity index (χ1) is 24.3. The van der Waals surface area contributed by atoms with E-state index in [1.807, 2.05) is 18.2 Å². The third kappa shape index (κ3) is 4.57. The normalized spacial score (nSPS) is 11.7. The Balaban J connectivity index is 1.25. The standard InChI is InChI=1S/C45H27N3O/c1-2-11-29(12-3-1)36-24-25-38(41-37-16-8-9-17-40(37)49-42(36)41)45-47-43(33-22-18-28-10-4-5-14-32(28)26-33)46-44(48-45)34-23-21-31-20-19-30-13-6-7-15-35(30)39(31)27-34/h1-27H. The molecule has 4 nitrogen and oxygen atoms in total. The van der Waals surface area contributed by atoms with Crippen LogP contribution in [-0.2, 0) is 0 Å². The van der Waals surface area contributed by atoms with Crippen LogP contribution in [0, 0.1) is 0 Å². The monoisotopic (exact) mass is 625 g/mol. The van der Waals surface area contributed by atoms with Gasteiger partial charge in [-0.2, -0.15) is 0 Å². The van der Waals surface area contributed by atoms with Gasteiger partial charge in [0.2, 0.25) is 0 Å². The fourth-order valence-corrected chi connectivity index (χ4v) is 7.08. The highest BCUT2D eigenvalue weighted by molar-refractivity contribution is 6.16. The summed E-state index contributed by atoms with van der Waals surface area (Å²) < 4.78 is 6.60. The summed E-state index contributed by atoms with van der Waals surface area (Å²) in [5.41, 5.74) is 6.53. The number of para-hydroxylation sites is 1. The molecule has 0 aliphatic rings. The van der Waals surface area contributed by atoms with Gasteiger partial charge in [-0.3, -0.25) is 0 Å². The molecule has 0 amide bonds. The molecule has 0 fully saturated rings. The van der Waals surface area contributed by atoms with E-state index in [9.17, 15) is 0 Å². The average molecular weight is 626 g/mol. The van der Waals surface area contributed by atoms with Crippen molar-refractivity contribution in [1.82, 2.24) is 15.0 Å². The topological polar surface area (TPSA) is 51.8 Å². The highest BCUT2D eigenvalue weighted by Gasteiger charge is 2.21. The van der Waals surface area contributed by atoms with Crippen molar-refractivity contribution in [2.75, 3.05) is 0 Å². The quantitative estimate of drug-likeness (QED) is 0.183. The molecule has 49 heavy (non-hydrogen) atoms. The largest absolute Gasteiger partial charge is 0.455 e. The van der Waals surface area contributed by atoms with E-state index in [0.29, 0.717) is 17.5 Å². The number of benzene rings is 8. The molecule has 0 spiro atoms. The molecule has 0 N–H and O–H groups in total. The summed E-state index contributed by atoms with van der Waals surface area (Å²) in [5.74, 6) is 1.84. The average Bonchev–Trinajstić information content (AvgIpc) is 3.57. The number of rotatable bonds is 4. The Hall–Kier alpha value is -6.65. The van der Waals surface area contributed by atoms with Gasteiger partial charge >= 0.3 is 0 Å². The summed E-state index contributed by atoms with van der Waals surface area (Å²) in [6.07, 6.45) is 0. The molecule has 0 aliphatic heterocycles. The first-order valence-corrected chi connectivity index (χ1v) is 16.4. The van der Waals surface area contributed by atoms with Crippen LogP contribution in [0.1, 0.15) is 0 Å². The molecule has 8 aromatic carbocycles. The molecule has 0 saturated carbocycles. The van der Waals surface area contributed by atoms with Crippen molar-refractivity contribution in [3.05, 3.63) is 164 Å². The summed E-state index contributed by atoms with van der Waals surface area (Å²) in [4.78, 5) is 15.6. The second kappa shape index (κ2) is 11.0. The lowest BCUT2D eigenvalue weighted by Gasteiger charge is -2.12. The summed E-state index contributed by atoms with van der Waals surface area (Å²) in [7, 11) is 0. The minimum absolute atomic E-state index is 0.599. The minimum Gasteiger partial charge on any atom is -0.455 e. The van der Waals surface area contributed by atoms with Gasteiger partial charge in [0, 0.05) is 33.0 Å². The fraction of sp³-hybridized carbons (Fsp3) is 0.